The first kappa shape index (κ1) is 17.7. The molecule has 0 aromatic heterocycles. The molecule has 5 heteroatoms. The zero-order valence-corrected chi connectivity index (χ0v) is 15.3. The number of hydrogen-bond donors (Lipinski definition) is 0. The topological polar surface area (TPSA) is 46.6 Å². The van der Waals surface area contributed by atoms with Gasteiger partial charge in [0.15, 0.2) is 5.78 Å². The van der Waals surface area contributed by atoms with E-state index in [1.807, 2.05) is 30.3 Å². The van der Waals surface area contributed by atoms with Crippen molar-refractivity contribution < 1.29 is 18.7 Å². The number of ketones is 1. The third kappa shape index (κ3) is 3.72. The predicted octanol–water partition coefficient (Wildman–Crippen LogP) is 4.06. The molecular formula is C22H22FNO3. The molecule has 1 amide bonds. The van der Waals surface area contributed by atoms with E-state index < -0.39 is 5.82 Å². The Labute approximate surface area is 157 Å². The van der Waals surface area contributed by atoms with Crippen molar-refractivity contribution in [3.8, 4) is 5.75 Å². The minimum absolute atomic E-state index is 0.0300. The van der Waals surface area contributed by atoms with Crippen LogP contribution in [0.3, 0.4) is 0 Å². The Morgan fingerprint density at radius 3 is 2.48 bits per heavy atom. The van der Waals surface area contributed by atoms with E-state index in [9.17, 15) is 14.0 Å². The van der Waals surface area contributed by atoms with Crippen molar-refractivity contribution >= 4 is 11.7 Å². The highest BCUT2D eigenvalue weighted by molar-refractivity contribution is 5.95. The number of ether oxygens (including phenoxy) is 1. The third-order valence-corrected chi connectivity index (χ3v) is 5.24. The van der Waals surface area contributed by atoms with E-state index in [1.54, 1.807) is 11.0 Å². The highest BCUT2D eigenvalue weighted by atomic mass is 19.1. The van der Waals surface area contributed by atoms with Gasteiger partial charge < -0.3 is 9.64 Å². The van der Waals surface area contributed by atoms with Gasteiger partial charge in [-0.15, -0.1) is 0 Å². The SMILES string of the molecule is CC(=O)c1cc(C2CC2)c(OCC2CN(C(=O)c3ccccc3)C2)cc1F. The molecule has 0 N–H and O–H groups in total. The lowest BCUT2D eigenvalue weighted by atomic mass is 9.99. The molecule has 2 aromatic carbocycles. The molecule has 1 saturated heterocycles. The average molecular weight is 367 g/mol. The van der Waals surface area contributed by atoms with Crippen LogP contribution in [0.4, 0.5) is 4.39 Å². The number of rotatable bonds is 6. The lowest BCUT2D eigenvalue weighted by Crippen LogP contribution is -2.52. The fraction of sp³-hybridized carbons (Fsp3) is 0.364. The van der Waals surface area contributed by atoms with Gasteiger partial charge in [-0.2, -0.15) is 0 Å². The Balaban J connectivity index is 1.37. The van der Waals surface area contributed by atoms with Crippen LogP contribution in [0.1, 0.15) is 52.0 Å². The molecule has 2 aliphatic rings. The van der Waals surface area contributed by atoms with Crippen LogP contribution in [0.25, 0.3) is 0 Å². The first-order valence-electron chi connectivity index (χ1n) is 9.34. The van der Waals surface area contributed by atoms with Gasteiger partial charge in [-0.05, 0) is 49.4 Å². The maximum atomic E-state index is 14.2. The molecule has 0 atom stereocenters. The second-order valence-corrected chi connectivity index (χ2v) is 7.45. The zero-order chi connectivity index (χ0) is 19.0. The lowest BCUT2D eigenvalue weighted by molar-refractivity contribution is 0.0392. The van der Waals surface area contributed by atoms with E-state index in [2.05, 4.69) is 0 Å². The van der Waals surface area contributed by atoms with Gasteiger partial charge in [-0.25, -0.2) is 4.39 Å². The summed E-state index contributed by atoms with van der Waals surface area (Å²) < 4.78 is 20.1. The summed E-state index contributed by atoms with van der Waals surface area (Å²) in [5, 5.41) is 0. The van der Waals surface area contributed by atoms with E-state index in [0.29, 0.717) is 36.9 Å². The predicted molar refractivity (Wildman–Crippen MR) is 99.7 cm³/mol. The first-order chi connectivity index (χ1) is 13.0. The van der Waals surface area contributed by atoms with E-state index >= 15 is 0 Å². The number of hydrogen-bond acceptors (Lipinski definition) is 3. The molecule has 1 aliphatic heterocycles. The maximum absolute atomic E-state index is 14.2. The van der Waals surface area contributed by atoms with Gasteiger partial charge in [0, 0.05) is 30.6 Å². The van der Waals surface area contributed by atoms with Crippen molar-refractivity contribution in [3.05, 3.63) is 65.0 Å². The normalized spacial score (nSPS) is 16.7. The lowest BCUT2D eigenvalue weighted by Gasteiger charge is -2.39. The van der Waals surface area contributed by atoms with Crippen molar-refractivity contribution in [2.45, 2.75) is 25.7 Å². The van der Waals surface area contributed by atoms with Crippen LogP contribution < -0.4 is 4.74 Å². The van der Waals surface area contributed by atoms with Crippen molar-refractivity contribution in [2.24, 2.45) is 5.92 Å². The van der Waals surface area contributed by atoms with E-state index in [1.165, 1.54) is 13.0 Å². The molecule has 0 spiro atoms. The number of benzene rings is 2. The molecule has 27 heavy (non-hydrogen) atoms. The Morgan fingerprint density at radius 2 is 1.85 bits per heavy atom. The number of carbonyl (C=O) groups excluding carboxylic acids is 2. The number of carbonyl (C=O) groups is 2. The Kier molecular flexibility index (Phi) is 4.68. The fourth-order valence-electron chi connectivity index (χ4n) is 3.49. The summed E-state index contributed by atoms with van der Waals surface area (Å²) in [7, 11) is 0. The minimum Gasteiger partial charge on any atom is -0.493 e. The van der Waals surface area contributed by atoms with Crippen LogP contribution in [-0.4, -0.2) is 36.3 Å². The van der Waals surface area contributed by atoms with Gasteiger partial charge in [0.25, 0.3) is 5.91 Å². The molecule has 4 nitrogen and oxygen atoms in total. The molecule has 1 aliphatic carbocycles. The summed E-state index contributed by atoms with van der Waals surface area (Å²) in [4.78, 5) is 25.7. The Bertz CT molecular complexity index is 871. The maximum Gasteiger partial charge on any atom is 0.253 e. The number of halogens is 1. The Hall–Kier alpha value is -2.69. The second kappa shape index (κ2) is 7.14. The molecule has 1 saturated carbocycles. The van der Waals surface area contributed by atoms with Crippen LogP contribution in [0.2, 0.25) is 0 Å². The average Bonchev–Trinajstić information content (AvgIpc) is 3.45. The number of nitrogens with zero attached hydrogens (tertiary/aromatic N) is 1. The van der Waals surface area contributed by atoms with Gasteiger partial charge in [0.05, 0.1) is 12.2 Å². The molecule has 0 unspecified atom stereocenters. The second-order valence-electron chi connectivity index (χ2n) is 7.45. The van der Waals surface area contributed by atoms with Crippen molar-refractivity contribution in [1.29, 1.82) is 0 Å². The largest absolute Gasteiger partial charge is 0.493 e. The Morgan fingerprint density at radius 1 is 1.15 bits per heavy atom. The monoisotopic (exact) mass is 367 g/mol. The smallest absolute Gasteiger partial charge is 0.253 e. The van der Waals surface area contributed by atoms with Gasteiger partial charge in [-0.3, -0.25) is 9.59 Å². The molecule has 0 bridgehead atoms. The summed E-state index contributed by atoms with van der Waals surface area (Å²) in [6, 6.07) is 12.2. The van der Waals surface area contributed by atoms with E-state index in [-0.39, 0.29) is 23.2 Å². The molecule has 4 rings (SSSR count). The molecular weight excluding hydrogens is 345 g/mol. The molecule has 2 aromatic rings. The summed E-state index contributed by atoms with van der Waals surface area (Å²) in [6.45, 7) is 3.10. The fourth-order valence-corrected chi connectivity index (χ4v) is 3.49. The van der Waals surface area contributed by atoms with Crippen molar-refractivity contribution in [3.63, 3.8) is 0 Å². The van der Waals surface area contributed by atoms with Crippen LogP contribution >= 0.6 is 0 Å². The summed E-state index contributed by atoms with van der Waals surface area (Å²) in [5.74, 6) is 0.359. The summed E-state index contributed by atoms with van der Waals surface area (Å²) in [5.41, 5.74) is 1.75. The quantitative estimate of drug-likeness (QED) is 0.724. The van der Waals surface area contributed by atoms with Crippen LogP contribution in [0.15, 0.2) is 42.5 Å². The third-order valence-electron chi connectivity index (χ3n) is 5.24. The van der Waals surface area contributed by atoms with Gasteiger partial charge >= 0.3 is 0 Å². The van der Waals surface area contributed by atoms with Gasteiger partial charge in [0.2, 0.25) is 0 Å². The van der Waals surface area contributed by atoms with Gasteiger partial charge in [-0.1, -0.05) is 18.2 Å². The van der Waals surface area contributed by atoms with Crippen molar-refractivity contribution in [2.75, 3.05) is 19.7 Å². The van der Waals surface area contributed by atoms with E-state index in [0.717, 1.165) is 18.4 Å². The van der Waals surface area contributed by atoms with E-state index in [4.69, 9.17) is 4.74 Å². The van der Waals surface area contributed by atoms with Gasteiger partial charge in [0.1, 0.15) is 11.6 Å². The first-order valence-corrected chi connectivity index (χ1v) is 9.34. The molecule has 0 radical (unpaired) electrons. The molecule has 140 valence electrons. The van der Waals surface area contributed by atoms with Crippen LogP contribution in [-0.2, 0) is 0 Å². The number of amides is 1. The standard InChI is InChI=1S/C22H22FNO3/c1-14(25)18-9-19(16-7-8-16)21(10-20(18)23)27-13-15-11-24(12-15)22(26)17-5-3-2-4-6-17/h2-6,9-10,15-16H,7-8,11-13H2,1H3. The minimum atomic E-state index is -0.531. The molecule has 2 fully saturated rings. The summed E-state index contributed by atoms with van der Waals surface area (Å²) >= 11 is 0. The van der Waals surface area contributed by atoms with Crippen LogP contribution in [0, 0.1) is 11.7 Å². The highest BCUT2D eigenvalue weighted by Crippen LogP contribution is 2.45. The molecule has 1 heterocycles. The zero-order valence-electron chi connectivity index (χ0n) is 15.3. The highest BCUT2D eigenvalue weighted by Gasteiger charge is 2.33. The van der Waals surface area contributed by atoms with Crippen LogP contribution in [0.5, 0.6) is 5.75 Å². The van der Waals surface area contributed by atoms with Crippen molar-refractivity contribution in [1.82, 2.24) is 4.90 Å². The number of Topliss-reactive ketones (excluding diaryl/α,β-unsaturated/α-hetero) is 1. The number of likely N-dealkylation sites (tertiary alicyclic amines) is 1. The summed E-state index contributed by atoms with van der Waals surface area (Å²) in [6.07, 6.45) is 2.09.